The Labute approximate surface area is 125 Å². The van der Waals surface area contributed by atoms with Gasteiger partial charge < -0.3 is 9.88 Å². The minimum Gasteiger partial charge on any atom is -0.336 e. The van der Waals surface area contributed by atoms with Crippen molar-refractivity contribution in [2.45, 2.75) is 38.6 Å². The number of aryl methyl sites for hydroxylation is 1. The van der Waals surface area contributed by atoms with Crippen molar-refractivity contribution < 1.29 is 0 Å². The molecule has 108 valence electrons. The van der Waals surface area contributed by atoms with Crippen molar-refractivity contribution in [1.29, 1.82) is 0 Å². The zero-order chi connectivity index (χ0) is 14.0. The van der Waals surface area contributed by atoms with Crippen LogP contribution in [-0.2, 0) is 7.05 Å². The fourth-order valence-corrected chi connectivity index (χ4v) is 3.98. The van der Waals surface area contributed by atoms with Gasteiger partial charge in [0.2, 0.25) is 0 Å². The monoisotopic (exact) mass is 289 g/mol. The molecule has 0 saturated heterocycles. The van der Waals surface area contributed by atoms with Gasteiger partial charge in [-0.05, 0) is 29.7 Å². The van der Waals surface area contributed by atoms with E-state index in [0.29, 0.717) is 5.41 Å². The molecule has 0 bridgehead atoms. The first-order valence-corrected chi connectivity index (χ1v) is 8.30. The van der Waals surface area contributed by atoms with Gasteiger partial charge in [0, 0.05) is 30.9 Å². The quantitative estimate of drug-likeness (QED) is 0.908. The van der Waals surface area contributed by atoms with Crippen LogP contribution in [0, 0.1) is 5.41 Å². The maximum Gasteiger partial charge on any atom is 0.131 e. The molecule has 4 heteroatoms. The van der Waals surface area contributed by atoms with Gasteiger partial charge >= 0.3 is 0 Å². The lowest BCUT2D eigenvalue weighted by Crippen LogP contribution is -2.33. The van der Waals surface area contributed by atoms with Crippen molar-refractivity contribution in [1.82, 2.24) is 14.9 Å². The molecule has 0 aliphatic heterocycles. The minimum atomic E-state index is 0.215. The molecule has 1 aliphatic carbocycles. The van der Waals surface area contributed by atoms with Crippen LogP contribution in [0.2, 0.25) is 0 Å². The predicted molar refractivity (Wildman–Crippen MR) is 83.9 cm³/mol. The highest BCUT2D eigenvalue weighted by molar-refractivity contribution is 7.10. The van der Waals surface area contributed by atoms with Gasteiger partial charge in [-0.3, -0.25) is 0 Å². The van der Waals surface area contributed by atoms with Crippen molar-refractivity contribution in [2.75, 3.05) is 6.54 Å². The molecule has 0 radical (unpaired) electrons. The molecule has 2 heterocycles. The topological polar surface area (TPSA) is 29.9 Å². The van der Waals surface area contributed by atoms with Gasteiger partial charge in [-0.1, -0.05) is 25.8 Å². The lowest BCUT2D eigenvalue weighted by atomic mass is 9.88. The second kappa shape index (κ2) is 5.70. The van der Waals surface area contributed by atoms with E-state index in [1.807, 2.05) is 12.4 Å². The Balaban J connectivity index is 1.78. The maximum absolute atomic E-state index is 4.55. The Morgan fingerprint density at radius 2 is 2.25 bits per heavy atom. The Bertz CT molecular complexity index is 538. The van der Waals surface area contributed by atoms with Gasteiger partial charge in [0.1, 0.15) is 11.9 Å². The van der Waals surface area contributed by atoms with E-state index < -0.39 is 0 Å². The Morgan fingerprint density at radius 1 is 1.45 bits per heavy atom. The summed E-state index contributed by atoms with van der Waals surface area (Å²) in [6, 6.07) is 4.54. The Hall–Kier alpha value is -1.13. The number of hydrogen-bond acceptors (Lipinski definition) is 3. The summed E-state index contributed by atoms with van der Waals surface area (Å²) in [5.74, 6) is 1.11. The van der Waals surface area contributed by atoms with Gasteiger partial charge in [-0.2, -0.15) is 0 Å². The third-order valence-corrected chi connectivity index (χ3v) is 5.43. The van der Waals surface area contributed by atoms with Gasteiger partial charge in [0.15, 0.2) is 0 Å². The molecule has 2 aromatic heterocycles. The maximum atomic E-state index is 4.55. The molecule has 0 spiro atoms. The average Bonchev–Trinajstić information content (AvgIpc) is 3.14. The van der Waals surface area contributed by atoms with Crippen LogP contribution in [0.15, 0.2) is 29.9 Å². The number of rotatable bonds is 5. The zero-order valence-corrected chi connectivity index (χ0v) is 13.1. The molecular formula is C16H23N3S. The molecule has 0 amide bonds. The van der Waals surface area contributed by atoms with Crippen LogP contribution in [0.25, 0.3) is 0 Å². The minimum absolute atomic E-state index is 0.215. The highest BCUT2D eigenvalue weighted by Gasteiger charge is 2.30. The van der Waals surface area contributed by atoms with E-state index in [4.69, 9.17) is 0 Å². The van der Waals surface area contributed by atoms with Crippen LogP contribution in [0.1, 0.15) is 49.4 Å². The third kappa shape index (κ3) is 2.81. The van der Waals surface area contributed by atoms with Crippen LogP contribution in [0.3, 0.4) is 0 Å². The smallest absolute Gasteiger partial charge is 0.131 e. The van der Waals surface area contributed by atoms with E-state index in [1.165, 1.54) is 30.6 Å². The van der Waals surface area contributed by atoms with E-state index in [1.54, 1.807) is 11.3 Å². The van der Waals surface area contributed by atoms with Crippen molar-refractivity contribution in [3.05, 3.63) is 40.6 Å². The van der Waals surface area contributed by atoms with E-state index in [9.17, 15) is 0 Å². The molecule has 3 nitrogen and oxygen atoms in total. The third-order valence-electron chi connectivity index (χ3n) is 4.49. The van der Waals surface area contributed by atoms with Crippen LogP contribution in [0.5, 0.6) is 0 Å². The normalized spacial score (nSPS) is 19.3. The number of aromatic nitrogens is 2. The summed E-state index contributed by atoms with van der Waals surface area (Å²) in [6.45, 7) is 3.49. The molecular weight excluding hydrogens is 266 g/mol. The fourth-order valence-electron chi connectivity index (χ4n) is 3.18. The van der Waals surface area contributed by atoms with Gasteiger partial charge in [-0.25, -0.2) is 4.98 Å². The van der Waals surface area contributed by atoms with Crippen molar-refractivity contribution in [3.8, 4) is 0 Å². The summed E-state index contributed by atoms with van der Waals surface area (Å²) in [6.07, 6.45) is 9.35. The molecule has 0 aromatic carbocycles. The lowest BCUT2D eigenvalue weighted by molar-refractivity contribution is 0.303. The van der Waals surface area contributed by atoms with E-state index in [-0.39, 0.29) is 6.04 Å². The molecule has 1 unspecified atom stereocenters. The second-order valence-electron chi connectivity index (χ2n) is 6.24. The molecule has 2 aromatic rings. The highest BCUT2D eigenvalue weighted by Crippen LogP contribution is 2.37. The number of nitrogens with zero attached hydrogens (tertiary/aromatic N) is 2. The predicted octanol–water partition coefficient (Wildman–Crippen LogP) is 3.74. The van der Waals surface area contributed by atoms with Gasteiger partial charge in [-0.15, -0.1) is 11.3 Å². The van der Waals surface area contributed by atoms with Crippen molar-refractivity contribution >= 4 is 11.3 Å². The SMILES string of the molecule is Cn1ccnc1C(NCC1(C)CCCC1)c1cccs1. The number of imidazole rings is 1. The van der Waals surface area contributed by atoms with E-state index in [0.717, 1.165) is 12.4 Å². The molecule has 1 N–H and O–H groups in total. The van der Waals surface area contributed by atoms with Crippen molar-refractivity contribution in [3.63, 3.8) is 0 Å². The van der Waals surface area contributed by atoms with Gasteiger partial charge in [0.05, 0.1) is 0 Å². The molecule has 20 heavy (non-hydrogen) atoms. The molecule has 1 saturated carbocycles. The summed E-state index contributed by atoms with van der Waals surface area (Å²) in [5.41, 5.74) is 0.459. The van der Waals surface area contributed by atoms with Crippen LogP contribution in [-0.4, -0.2) is 16.1 Å². The van der Waals surface area contributed by atoms with Gasteiger partial charge in [0.25, 0.3) is 0 Å². The summed E-state index contributed by atoms with van der Waals surface area (Å²) < 4.78 is 2.12. The summed E-state index contributed by atoms with van der Waals surface area (Å²) >= 11 is 1.80. The van der Waals surface area contributed by atoms with Crippen LogP contribution in [0.4, 0.5) is 0 Å². The Kier molecular flexibility index (Phi) is 3.94. The summed E-state index contributed by atoms with van der Waals surface area (Å²) in [7, 11) is 2.07. The first-order valence-electron chi connectivity index (χ1n) is 7.42. The number of hydrogen-bond donors (Lipinski definition) is 1. The fraction of sp³-hybridized carbons (Fsp3) is 0.562. The summed E-state index contributed by atoms with van der Waals surface area (Å²) in [5, 5.41) is 5.92. The van der Waals surface area contributed by atoms with Crippen LogP contribution >= 0.6 is 11.3 Å². The molecule has 1 atom stereocenters. The lowest BCUT2D eigenvalue weighted by Gasteiger charge is -2.27. The molecule has 1 aliphatic rings. The zero-order valence-electron chi connectivity index (χ0n) is 12.3. The first-order chi connectivity index (χ1) is 9.68. The summed E-state index contributed by atoms with van der Waals surface area (Å²) in [4.78, 5) is 5.90. The Morgan fingerprint density at radius 3 is 2.85 bits per heavy atom. The number of thiophene rings is 1. The molecule has 1 fully saturated rings. The van der Waals surface area contributed by atoms with E-state index in [2.05, 4.69) is 46.4 Å². The highest BCUT2D eigenvalue weighted by atomic mass is 32.1. The first kappa shape index (κ1) is 13.8. The van der Waals surface area contributed by atoms with E-state index >= 15 is 0 Å². The second-order valence-corrected chi connectivity index (χ2v) is 7.22. The largest absolute Gasteiger partial charge is 0.336 e. The standard InChI is InChI=1S/C16H23N3S/c1-16(7-3-4-8-16)12-18-14(13-6-5-11-20-13)15-17-9-10-19(15)2/h5-6,9-11,14,18H,3-4,7-8,12H2,1-2H3. The van der Waals surface area contributed by atoms with Crippen molar-refractivity contribution in [2.24, 2.45) is 12.5 Å². The van der Waals surface area contributed by atoms with Crippen LogP contribution < -0.4 is 5.32 Å². The molecule has 3 rings (SSSR count). The number of nitrogens with one attached hydrogen (secondary N) is 1. The average molecular weight is 289 g/mol.